The first-order chi connectivity index (χ1) is 19.6. The van der Waals surface area contributed by atoms with Crippen LogP contribution in [0.3, 0.4) is 0 Å². The van der Waals surface area contributed by atoms with Gasteiger partial charge in [-0.05, 0) is 18.6 Å². The Bertz CT molecular complexity index is 1930. The van der Waals surface area contributed by atoms with Crippen molar-refractivity contribution in [1.82, 2.24) is 0 Å². The maximum atomic E-state index is 12.8. The molecule has 45 heavy (non-hydrogen) atoms. The van der Waals surface area contributed by atoms with Crippen LogP contribution in [0, 0.1) is 0 Å². The van der Waals surface area contributed by atoms with E-state index in [0.717, 1.165) is 37.8 Å². The van der Waals surface area contributed by atoms with Crippen LogP contribution < -0.4 is 4.74 Å². The summed E-state index contributed by atoms with van der Waals surface area (Å²) in [6.45, 7) is 2.16. The van der Waals surface area contributed by atoms with Crippen LogP contribution in [0.2, 0.25) is 0 Å². The van der Waals surface area contributed by atoms with Crippen LogP contribution in [-0.4, -0.2) is 134 Å². The molecule has 0 amide bonds. The predicted octanol–water partition coefficient (Wildman–Crippen LogP) is 5.01. The molecule has 3 radical (unpaired) electrons. The summed E-state index contributed by atoms with van der Waals surface area (Å²) in [6, 6.07) is 6.47. The van der Waals surface area contributed by atoms with Crippen LogP contribution in [0.25, 0.3) is 32.3 Å². The summed E-state index contributed by atoms with van der Waals surface area (Å²) in [5.41, 5.74) is 0. The van der Waals surface area contributed by atoms with E-state index < -0.39 is 51.0 Å². The Morgan fingerprint density at radius 2 is 0.933 bits per heavy atom. The van der Waals surface area contributed by atoms with Crippen molar-refractivity contribution in [1.29, 1.82) is 0 Å². The zero-order chi connectivity index (χ0) is 30.9. The molecular weight excluding hydrogens is 677 g/mol. The van der Waals surface area contributed by atoms with E-state index >= 15 is 0 Å². The summed E-state index contributed by atoms with van der Waals surface area (Å²) in [5.74, 6) is -0.914. The van der Waals surface area contributed by atoms with Gasteiger partial charge in [0, 0.05) is 133 Å². The molecule has 4 aromatic rings. The second-order valence-electron chi connectivity index (χ2n) is 10.3. The quantitative estimate of drug-likeness (QED) is 0.0399. The van der Waals surface area contributed by atoms with E-state index in [-0.39, 0.29) is 133 Å². The molecule has 0 aliphatic heterocycles. The molecule has 0 heterocycles. The fourth-order valence-electron chi connectivity index (χ4n) is 5.34. The Balaban J connectivity index is 0.00000337. The molecule has 4 aromatic carbocycles. The van der Waals surface area contributed by atoms with E-state index in [1.165, 1.54) is 43.9 Å². The molecule has 0 aromatic heterocycles. The number of unbranched alkanes of at least 4 members (excludes halogenated alkanes) is 8. The van der Waals surface area contributed by atoms with Gasteiger partial charge in [0.2, 0.25) is 0 Å². The summed E-state index contributed by atoms with van der Waals surface area (Å²) in [6.07, 6.45) is 9.31. The minimum Gasteiger partial charge on any atom is -0.426 e. The fraction of sp³-hybridized carbons (Fsp3) is 0.393. The second-order valence-corrected chi connectivity index (χ2v) is 14.5. The zero-order valence-corrected chi connectivity index (χ0v) is 34.3. The van der Waals surface area contributed by atoms with E-state index in [1.807, 2.05) is 0 Å². The minimum absolute atomic E-state index is 0. The van der Waals surface area contributed by atoms with Crippen molar-refractivity contribution in [3.8, 4) is 5.75 Å². The molecule has 4 rings (SSSR count). The monoisotopic (exact) mass is 709 g/mol. The van der Waals surface area contributed by atoms with Gasteiger partial charge in [-0.3, -0.25) is 18.5 Å². The number of benzene rings is 4. The average molecular weight is 710 g/mol. The van der Waals surface area contributed by atoms with Crippen LogP contribution in [-0.2, 0) is 35.1 Å². The van der Waals surface area contributed by atoms with E-state index in [0.29, 0.717) is 12.5 Å². The van der Waals surface area contributed by atoms with Gasteiger partial charge in [0.25, 0.3) is 30.4 Å². The smallest absolute Gasteiger partial charge is 0.311 e. The maximum absolute atomic E-state index is 12.8. The fourth-order valence-corrected chi connectivity index (χ4v) is 7.55. The third-order valence-electron chi connectivity index (χ3n) is 7.29. The molecule has 0 aliphatic carbocycles. The number of carbonyl (C=O) groups is 1. The molecule has 0 atom stereocenters. The van der Waals surface area contributed by atoms with Gasteiger partial charge in [-0.15, -0.1) is 0 Å². The summed E-state index contributed by atoms with van der Waals surface area (Å²) in [5, 5.41) is -0.575. The maximum Gasteiger partial charge on any atom is 0.311 e. The van der Waals surface area contributed by atoms with Crippen LogP contribution in [0.5, 0.6) is 5.75 Å². The van der Waals surface area contributed by atoms with Gasteiger partial charge in [-0.25, -0.2) is 0 Å². The first-order valence-electron chi connectivity index (χ1n) is 13.6. The second kappa shape index (κ2) is 17.7. The third-order valence-corrected chi connectivity index (χ3v) is 9.97. The normalized spacial score (nSPS) is 12.1. The van der Waals surface area contributed by atoms with Crippen molar-refractivity contribution in [2.24, 2.45) is 0 Å². The molecule has 11 nitrogen and oxygen atoms in total. The number of hydrogen-bond donors (Lipinski definition) is 3. The molecular formula is C28H32Na3O11S3. The molecule has 0 saturated carbocycles. The first-order valence-corrected chi connectivity index (χ1v) is 17.9. The summed E-state index contributed by atoms with van der Waals surface area (Å²) in [4.78, 5) is 10.4. The van der Waals surface area contributed by atoms with E-state index in [1.54, 1.807) is 0 Å². The number of ether oxygens (including phenoxy) is 1. The van der Waals surface area contributed by atoms with Crippen molar-refractivity contribution in [2.45, 2.75) is 85.8 Å². The van der Waals surface area contributed by atoms with E-state index in [4.69, 9.17) is 4.74 Å². The number of carbonyl (C=O) groups excluding carboxylic acids is 1. The molecule has 0 aliphatic rings. The number of rotatable bonds is 14. The molecule has 0 saturated heterocycles. The summed E-state index contributed by atoms with van der Waals surface area (Å²) >= 11 is 0. The molecule has 231 valence electrons. The largest absolute Gasteiger partial charge is 0.426 e. The van der Waals surface area contributed by atoms with Gasteiger partial charge in [0.05, 0.1) is 0 Å². The minimum atomic E-state index is -5.03. The third kappa shape index (κ3) is 10.3. The van der Waals surface area contributed by atoms with Crippen LogP contribution in [0.1, 0.15) is 71.1 Å². The van der Waals surface area contributed by atoms with Crippen molar-refractivity contribution < 1.29 is 48.4 Å². The summed E-state index contributed by atoms with van der Waals surface area (Å²) in [7, 11) is -15.0. The van der Waals surface area contributed by atoms with Crippen molar-refractivity contribution in [3.63, 3.8) is 0 Å². The van der Waals surface area contributed by atoms with E-state index in [2.05, 4.69) is 6.92 Å². The Labute approximate surface area is 329 Å². The zero-order valence-electron chi connectivity index (χ0n) is 25.9. The van der Waals surface area contributed by atoms with E-state index in [9.17, 15) is 43.7 Å². The Hall–Kier alpha value is 0.120. The Morgan fingerprint density at radius 3 is 1.36 bits per heavy atom. The molecule has 3 N–H and O–H groups in total. The van der Waals surface area contributed by atoms with Gasteiger partial charge in [0.1, 0.15) is 20.4 Å². The molecule has 0 fully saturated rings. The predicted molar refractivity (Wildman–Crippen MR) is 174 cm³/mol. The SMILES string of the molecule is CCCCCCCCCCCC(=O)Oc1cc(S(=O)(=O)O)c2ccc3c(S(=O)(=O)O)cc(S(=O)(=O)O)c4ccc1c2c43.[Na].[Na].[Na]. The van der Waals surface area contributed by atoms with Crippen LogP contribution in [0.15, 0.2) is 51.1 Å². The Morgan fingerprint density at radius 1 is 0.578 bits per heavy atom. The molecule has 0 spiro atoms. The van der Waals surface area contributed by atoms with Crippen molar-refractivity contribution in [2.75, 3.05) is 0 Å². The standard InChI is InChI=1S/C28H32O11S3.3Na/c1-2-3-4-5-6-7-8-9-10-11-26(29)39-22-16-23(40(30,31)32)19-14-15-21-25(42(36,37)38)17-24(41(33,34)35)20-13-12-18(22)27(19)28(20)21;;;/h12-17H,2-11H2,1H3,(H,30,31,32)(H,33,34,35)(H,36,37,38);;;. The van der Waals surface area contributed by atoms with Crippen molar-refractivity contribution >= 4 is 157 Å². The van der Waals surface area contributed by atoms with Gasteiger partial charge in [-0.1, -0.05) is 76.5 Å². The number of hydrogen-bond acceptors (Lipinski definition) is 8. The van der Waals surface area contributed by atoms with Crippen LogP contribution >= 0.6 is 0 Å². The Kier molecular flexibility index (Phi) is 16.9. The molecule has 0 bridgehead atoms. The molecule has 17 heteroatoms. The van der Waals surface area contributed by atoms with Crippen LogP contribution in [0.4, 0.5) is 0 Å². The average Bonchev–Trinajstić information content (AvgIpc) is 2.89. The van der Waals surface area contributed by atoms with Gasteiger partial charge in [0.15, 0.2) is 0 Å². The van der Waals surface area contributed by atoms with Gasteiger partial charge >= 0.3 is 5.97 Å². The number of esters is 1. The first kappa shape index (κ1) is 43.1. The molecule has 0 unspecified atom stereocenters. The van der Waals surface area contributed by atoms with Gasteiger partial charge in [-0.2, -0.15) is 25.3 Å². The summed E-state index contributed by atoms with van der Waals surface area (Å²) < 4.78 is 109. The van der Waals surface area contributed by atoms with Gasteiger partial charge < -0.3 is 4.74 Å². The topological polar surface area (TPSA) is 189 Å². The van der Waals surface area contributed by atoms with Crippen molar-refractivity contribution in [3.05, 3.63) is 36.4 Å².